The van der Waals surface area contributed by atoms with E-state index in [9.17, 15) is 0 Å². The van der Waals surface area contributed by atoms with Crippen LogP contribution in [0.4, 0.5) is 5.13 Å². The lowest BCUT2D eigenvalue weighted by molar-refractivity contribution is 0.339. The summed E-state index contributed by atoms with van der Waals surface area (Å²) >= 11 is 1.47. The van der Waals surface area contributed by atoms with Gasteiger partial charge in [-0.1, -0.05) is 6.92 Å². The molecule has 1 aliphatic carbocycles. The third-order valence-corrected chi connectivity index (χ3v) is 3.93. The molecule has 0 aromatic carbocycles. The molecule has 0 atom stereocenters. The quantitative estimate of drug-likeness (QED) is 0.845. The van der Waals surface area contributed by atoms with E-state index in [2.05, 4.69) is 21.6 Å². The Labute approximate surface area is 101 Å². The van der Waals surface area contributed by atoms with E-state index in [4.69, 9.17) is 5.73 Å². The maximum absolute atomic E-state index is 5.88. The second kappa shape index (κ2) is 5.59. The summed E-state index contributed by atoms with van der Waals surface area (Å²) in [4.78, 5) is 4.40. The SMILES string of the molecule is CCc1nsc(NCC2CCC(N)CC2)n1. The van der Waals surface area contributed by atoms with E-state index >= 15 is 0 Å². The van der Waals surface area contributed by atoms with Gasteiger partial charge in [0, 0.05) is 30.5 Å². The van der Waals surface area contributed by atoms with Crippen LogP contribution in [0, 0.1) is 5.92 Å². The first-order valence-corrected chi connectivity index (χ1v) is 6.87. The number of nitrogens with two attached hydrogens (primary N) is 1. The predicted molar refractivity (Wildman–Crippen MR) is 67.7 cm³/mol. The lowest BCUT2D eigenvalue weighted by Gasteiger charge is -2.25. The average molecular weight is 240 g/mol. The first-order chi connectivity index (χ1) is 7.78. The molecule has 2 rings (SSSR count). The maximum Gasteiger partial charge on any atom is 0.202 e. The monoisotopic (exact) mass is 240 g/mol. The van der Waals surface area contributed by atoms with Gasteiger partial charge in [-0.3, -0.25) is 0 Å². The number of nitrogens with zero attached hydrogens (tertiary/aromatic N) is 2. The Hall–Kier alpha value is -0.680. The molecule has 3 N–H and O–H groups in total. The van der Waals surface area contributed by atoms with Gasteiger partial charge in [0.25, 0.3) is 0 Å². The Balaban J connectivity index is 1.74. The second-order valence-electron chi connectivity index (χ2n) is 4.53. The second-order valence-corrected chi connectivity index (χ2v) is 5.28. The van der Waals surface area contributed by atoms with E-state index < -0.39 is 0 Å². The van der Waals surface area contributed by atoms with E-state index in [1.807, 2.05) is 0 Å². The van der Waals surface area contributed by atoms with Crippen molar-refractivity contribution >= 4 is 16.7 Å². The third kappa shape index (κ3) is 3.15. The average Bonchev–Trinajstić information content (AvgIpc) is 2.76. The molecule has 0 saturated heterocycles. The van der Waals surface area contributed by atoms with Crippen molar-refractivity contribution in [2.75, 3.05) is 11.9 Å². The summed E-state index contributed by atoms with van der Waals surface area (Å²) in [5.41, 5.74) is 5.88. The van der Waals surface area contributed by atoms with Crippen LogP contribution < -0.4 is 11.1 Å². The minimum absolute atomic E-state index is 0.435. The number of aryl methyl sites for hydroxylation is 1. The van der Waals surface area contributed by atoms with Gasteiger partial charge in [0.05, 0.1) is 0 Å². The minimum atomic E-state index is 0.435. The Morgan fingerprint density at radius 1 is 1.38 bits per heavy atom. The van der Waals surface area contributed by atoms with Crippen LogP contribution in [0.2, 0.25) is 0 Å². The van der Waals surface area contributed by atoms with Gasteiger partial charge < -0.3 is 11.1 Å². The molecule has 1 fully saturated rings. The lowest BCUT2D eigenvalue weighted by Crippen LogP contribution is -2.29. The maximum atomic E-state index is 5.88. The summed E-state index contributed by atoms with van der Waals surface area (Å²) in [7, 11) is 0. The van der Waals surface area contributed by atoms with E-state index in [1.54, 1.807) is 0 Å². The Morgan fingerprint density at radius 3 is 2.75 bits per heavy atom. The molecule has 0 radical (unpaired) electrons. The molecule has 4 nitrogen and oxygen atoms in total. The normalized spacial score (nSPS) is 25.6. The molecule has 1 aliphatic rings. The zero-order chi connectivity index (χ0) is 11.4. The van der Waals surface area contributed by atoms with Gasteiger partial charge in [0.15, 0.2) is 0 Å². The third-order valence-electron chi connectivity index (χ3n) is 3.22. The van der Waals surface area contributed by atoms with Crippen LogP contribution in [0.3, 0.4) is 0 Å². The Bertz CT molecular complexity index is 318. The summed E-state index contributed by atoms with van der Waals surface area (Å²) in [5.74, 6) is 1.70. The molecule has 90 valence electrons. The number of rotatable bonds is 4. The molecule has 0 bridgehead atoms. The summed E-state index contributed by atoms with van der Waals surface area (Å²) < 4.78 is 4.26. The highest BCUT2D eigenvalue weighted by molar-refractivity contribution is 7.09. The number of hydrogen-bond donors (Lipinski definition) is 2. The number of nitrogens with one attached hydrogen (secondary N) is 1. The van der Waals surface area contributed by atoms with Crippen molar-refractivity contribution in [1.29, 1.82) is 0 Å². The summed E-state index contributed by atoms with van der Waals surface area (Å²) in [6.07, 6.45) is 5.74. The van der Waals surface area contributed by atoms with E-state index in [1.165, 1.54) is 37.2 Å². The fraction of sp³-hybridized carbons (Fsp3) is 0.818. The molecule has 16 heavy (non-hydrogen) atoms. The molecule has 1 saturated carbocycles. The van der Waals surface area contributed by atoms with Crippen LogP contribution in [0.25, 0.3) is 0 Å². The molecule has 0 amide bonds. The zero-order valence-electron chi connectivity index (χ0n) is 9.78. The zero-order valence-corrected chi connectivity index (χ0v) is 10.6. The van der Waals surface area contributed by atoms with Crippen LogP contribution >= 0.6 is 11.5 Å². The fourth-order valence-corrected chi connectivity index (χ4v) is 2.75. The molecule has 1 heterocycles. The highest BCUT2D eigenvalue weighted by Crippen LogP contribution is 2.23. The van der Waals surface area contributed by atoms with E-state index in [0.717, 1.165) is 29.8 Å². The van der Waals surface area contributed by atoms with Gasteiger partial charge in [0.1, 0.15) is 5.82 Å². The molecule has 1 aromatic rings. The molecule has 0 unspecified atom stereocenters. The van der Waals surface area contributed by atoms with Gasteiger partial charge in [-0.2, -0.15) is 4.37 Å². The molecular weight excluding hydrogens is 220 g/mol. The standard InChI is InChI=1S/C11H20N4S/c1-2-10-14-11(16-15-10)13-7-8-3-5-9(12)6-4-8/h8-9H,2-7,12H2,1H3,(H,13,14,15). The first-order valence-electron chi connectivity index (χ1n) is 6.10. The van der Waals surface area contributed by atoms with Crippen molar-refractivity contribution in [3.63, 3.8) is 0 Å². The van der Waals surface area contributed by atoms with E-state index in [-0.39, 0.29) is 0 Å². The molecule has 1 aromatic heterocycles. The summed E-state index contributed by atoms with van der Waals surface area (Å²) in [6, 6.07) is 0.435. The minimum Gasteiger partial charge on any atom is -0.360 e. The van der Waals surface area contributed by atoms with Gasteiger partial charge >= 0.3 is 0 Å². The van der Waals surface area contributed by atoms with Crippen LogP contribution in [-0.4, -0.2) is 21.9 Å². The fourth-order valence-electron chi connectivity index (χ4n) is 2.09. The topological polar surface area (TPSA) is 63.8 Å². The van der Waals surface area contributed by atoms with Crippen molar-refractivity contribution in [3.8, 4) is 0 Å². The van der Waals surface area contributed by atoms with Crippen molar-refractivity contribution in [2.45, 2.75) is 45.1 Å². The largest absolute Gasteiger partial charge is 0.360 e. The van der Waals surface area contributed by atoms with E-state index in [0.29, 0.717) is 6.04 Å². The molecule has 0 aliphatic heterocycles. The van der Waals surface area contributed by atoms with Crippen LogP contribution in [0.15, 0.2) is 0 Å². The van der Waals surface area contributed by atoms with Gasteiger partial charge in [0.2, 0.25) is 5.13 Å². The summed E-state index contributed by atoms with van der Waals surface area (Å²) in [6.45, 7) is 3.10. The molecular formula is C11H20N4S. The van der Waals surface area contributed by atoms with Crippen molar-refractivity contribution in [3.05, 3.63) is 5.82 Å². The highest BCUT2D eigenvalue weighted by Gasteiger charge is 2.18. The van der Waals surface area contributed by atoms with Gasteiger partial charge in [-0.05, 0) is 31.6 Å². The Kier molecular flexibility index (Phi) is 4.12. The molecule has 5 heteroatoms. The van der Waals surface area contributed by atoms with Crippen molar-refractivity contribution in [1.82, 2.24) is 9.36 Å². The van der Waals surface area contributed by atoms with Crippen LogP contribution in [-0.2, 0) is 6.42 Å². The lowest BCUT2D eigenvalue weighted by atomic mass is 9.86. The van der Waals surface area contributed by atoms with Crippen molar-refractivity contribution < 1.29 is 0 Å². The number of aromatic nitrogens is 2. The van der Waals surface area contributed by atoms with Crippen LogP contribution in [0.1, 0.15) is 38.4 Å². The highest BCUT2D eigenvalue weighted by atomic mass is 32.1. The smallest absolute Gasteiger partial charge is 0.202 e. The molecule has 0 spiro atoms. The first kappa shape index (κ1) is 11.8. The van der Waals surface area contributed by atoms with Gasteiger partial charge in [-0.25, -0.2) is 4.98 Å². The van der Waals surface area contributed by atoms with Crippen LogP contribution in [0.5, 0.6) is 0 Å². The predicted octanol–water partition coefficient (Wildman–Crippen LogP) is 2.03. The number of hydrogen-bond acceptors (Lipinski definition) is 5. The van der Waals surface area contributed by atoms with Crippen molar-refractivity contribution in [2.24, 2.45) is 11.7 Å². The van der Waals surface area contributed by atoms with Gasteiger partial charge in [-0.15, -0.1) is 0 Å². The Morgan fingerprint density at radius 2 is 2.12 bits per heavy atom. The summed E-state index contributed by atoms with van der Waals surface area (Å²) in [5, 5.41) is 4.35. The number of anilines is 1.